The number of benzene rings is 1. The standard InChI is InChI=1S/C17H25FN2O/c1-12(16-10-13(18)5-8-17(16)21)20(15-6-7-15)11-14-4-2-3-9-19-14/h5,8,10,12,14-15,19,21H,2-4,6-7,9,11H2,1H3. The quantitative estimate of drug-likeness (QED) is 0.875. The summed E-state index contributed by atoms with van der Waals surface area (Å²) in [6.45, 7) is 4.17. The molecule has 2 aliphatic rings. The average molecular weight is 292 g/mol. The van der Waals surface area contributed by atoms with Crippen molar-refractivity contribution in [2.75, 3.05) is 13.1 Å². The Labute approximate surface area is 126 Å². The Balaban J connectivity index is 1.74. The van der Waals surface area contributed by atoms with Crippen LogP contribution in [0.1, 0.15) is 50.6 Å². The molecule has 0 spiro atoms. The maximum absolute atomic E-state index is 13.5. The first-order valence-corrected chi connectivity index (χ1v) is 8.12. The van der Waals surface area contributed by atoms with E-state index in [1.54, 1.807) is 0 Å². The monoisotopic (exact) mass is 292 g/mol. The van der Waals surface area contributed by atoms with Gasteiger partial charge in [-0.25, -0.2) is 4.39 Å². The van der Waals surface area contributed by atoms with Crippen molar-refractivity contribution in [2.24, 2.45) is 0 Å². The second-order valence-corrected chi connectivity index (χ2v) is 6.45. The molecule has 1 aliphatic heterocycles. The van der Waals surface area contributed by atoms with Gasteiger partial charge in [-0.3, -0.25) is 4.90 Å². The fourth-order valence-electron chi connectivity index (χ4n) is 3.40. The number of phenolic OH excluding ortho intramolecular Hbond substituents is 1. The SMILES string of the molecule is CC(c1cc(F)ccc1O)N(CC1CCCCN1)C1CC1. The molecule has 21 heavy (non-hydrogen) atoms. The molecular weight excluding hydrogens is 267 g/mol. The normalized spacial score (nSPS) is 24.2. The van der Waals surface area contributed by atoms with Gasteiger partial charge in [-0.05, 0) is 57.4 Å². The summed E-state index contributed by atoms with van der Waals surface area (Å²) in [6, 6.07) is 5.42. The van der Waals surface area contributed by atoms with Crippen molar-refractivity contribution in [1.82, 2.24) is 10.2 Å². The molecule has 2 unspecified atom stereocenters. The molecule has 2 N–H and O–H groups in total. The number of hydrogen-bond acceptors (Lipinski definition) is 3. The highest BCUT2D eigenvalue weighted by molar-refractivity contribution is 5.35. The van der Waals surface area contributed by atoms with Gasteiger partial charge >= 0.3 is 0 Å². The molecule has 0 radical (unpaired) electrons. The van der Waals surface area contributed by atoms with Gasteiger partial charge in [-0.2, -0.15) is 0 Å². The van der Waals surface area contributed by atoms with Crippen LogP contribution in [0.15, 0.2) is 18.2 Å². The van der Waals surface area contributed by atoms with Crippen molar-refractivity contribution in [3.8, 4) is 5.75 Å². The number of nitrogens with zero attached hydrogens (tertiary/aromatic N) is 1. The van der Waals surface area contributed by atoms with Gasteiger partial charge in [-0.1, -0.05) is 6.42 Å². The second kappa shape index (κ2) is 6.32. The number of hydrogen-bond donors (Lipinski definition) is 2. The number of rotatable bonds is 5. The van der Waals surface area contributed by atoms with E-state index in [1.165, 1.54) is 50.3 Å². The molecule has 2 atom stereocenters. The van der Waals surface area contributed by atoms with E-state index in [9.17, 15) is 9.50 Å². The van der Waals surface area contributed by atoms with Crippen LogP contribution in [-0.4, -0.2) is 35.2 Å². The van der Waals surface area contributed by atoms with Gasteiger partial charge in [0.15, 0.2) is 0 Å². The van der Waals surface area contributed by atoms with Gasteiger partial charge < -0.3 is 10.4 Å². The summed E-state index contributed by atoms with van der Waals surface area (Å²) in [5.41, 5.74) is 0.706. The zero-order valence-corrected chi connectivity index (χ0v) is 12.7. The first-order valence-electron chi connectivity index (χ1n) is 8.12. The maximum atomic E-state index is 13.5. The first kappa shape index (κ1) is 14.8. The van der Waals surface area contributed by atoms with E-state index in [2.05, 4.69) is 17.1 Å². The largest absolute Gasteiger partial charge is 0.508 e. The summed E-state index contributed by atoms with van der Waals surface area (Å²) in [7, 11) is 0. The molecule has 116 valence electrons. The highest BCUT2D eigenvalue weighted by Crippen LogP contribution is 2.37. The molecule has 4 heteroatoms. The van der Waals surface area contributed by atoms with E-state index in [0.717, 1.165) is 13.1 Å². The molecule has 1 aliphatic carbocycles. The lowest BCUT2D eigenvalue weighted by Crippen LogP contribution is -2.45. The third-order valence-corrected chi connectivity index (χ3v) is 4.80. The molecule has 1 saturated carbocycles. The highest BCUT2D eigenvalue weighted by atomic mass is 19.1. The van der Waals surface area contributed by atoms with Gasteiger partial charge in [0, 0.05) is 30.2 Å². The van der Waals surface area contributed by atoms with Crippen molar-refractivity contribution in [1.29, 1.82) is 0 Å². The number of nitrogens with one attached hydrogen (secondary N) is 1. The smallest absolute Gasteiger partial charge is 0.123 e. The summed E-state index contributed by atoms with van der Waals surface area (Å²) in [4.78, 5) is 2.44. The molecular formula is C17H25FN2O. The third-order valence-electron chi connectivity index (χ3n) is 4.80. The number of piperidine rings is 1. The Morgan fingerprint density at radius 1 is 1.33 bits per heavy atom. The zero-order valence-electron chi connectivity index (χ0n) is 12.7. The van der Waals surface area contributed by atoms with Gasteiger partial charge in [0.2, 0.25) is 0 Å². The lowest BCUT2D eigenvalue weighted by molar-refractivity contribution is 0.164. The number of halogens is 1. The molecule has 0 amide bonds. The second-order valence-electron chi connectivity index (χ2n) is 6.45. The van der Waals surface area contributed by atoms with E-state index in [1.807, 2.05) is 0 Å². The minimum atomic E-state index is -0.277. The maximum Gasteiger partial charge on any atom is 0.123 e. The van der Waals surface area contributed by atoms with Crippen molar-refractivity contribution in [3.63, 3.8) is 0 Å². The predicted molar refractivity (Wildman–Crippen MR) is 81.8 cm³/mol. The van der Waals surface area contributed by atoms with Gasteiger partial charge in [0.1, 0.15) is 11.6 Å². The van der Waals surface area contributed by atoms with Crippen LogP contribution in [0.2, 0.25) is 0 Å². The summed E-state index contributed by atoms with van der Waals surface area (Å²) >= 11 is 0. The Morgan fingerprint density at radius 2 is 2.14 bits per heavy atom. The van der Waals surface area contributed by atoms with Crippen LogP contribution < -0.4 is 5.32 Å². The van der Waals surface area contributed by atoms with E-state index < -0.39 is 0 Å². The molecule has 3 rings (SSSR count). The van der Waals surface area contributed by atoms with Crippen LogP contribution in [0, 0.1) is 5.82 Å². The summed E-state index contributed by atoms with van der Waals surface area (Å²) in [5.74, 6) is -0.0765. The van der Waals surface area contributed by atoms with Gasteiger partial charge in [-0.15, -0.1) is 0 Å². The number of aromatic hydroxyl groups is 1. The molecule has 3 nitrogen and oxygen atoms in total. The molecule has 1 aromatic rings. The summed E-state index contributed by atoms with van der Waals surface area (Å²) in [5, 5.41) is 13.6. The Bertz CT molecular complexity index is 484. The van der Waals surface area contributed by atoms with Gasteiger partial charge in [0.25, 0.3) is 0 Å². The summed E-state index contributed by atoms with van der Waals surface area (Å²) in [6.07, 6.45) is 6.20. The Morgan fingerprint density at radius 3 is 2.81 bits per heavy atom. The van der Waals surface area contributed by atoms with Crippen LogP contribution in [0.25, 0.3) is 0 Å². The number of phenols is 1. The highest BCUT2D eigenvalue weighted by Gasteiger charge is 2.35. The van der Waals surface area contributed by atoms with E-state index in [4.69, 9.17) is 0 Å². The topological polar surface area (TPSA) is 35.5 Å². The van der Waals surface area contributed by atoms with Crippen LogP contribution in [0.5, 0.6) is 5.75 Å². The van der Waals surface area contributed by atoms with E-state index in [0.29, 0.717) is 17.6 Å². The van der Waals surface area contributed by atoms with Crippen LogP contribution in [0.4, 0.5) is 4.39 Å². The van der Waals surface area contributed by atoms with Crippen molar-refractivity contribution in [2.45, 2.75) is 57.2 Å². The average Bonchev–Trinajstić information content (AvgIpc) is 3.32. The molecule has 0 bridgehead atoms. The summed E-state index contributed by atoms with van der Waals surface area (Å²) < 4.78 is 13.5. The zero-order chi connectivity index (χ0) is 14.8. The van der Waals surface area contributed by atoms with E-state index >= 15 is 0 Å². The fraction of sp³-hybridized carbons (Fsp3) is 0.647. The minimum absolute atomic E-state index is 0.0527. The lowest BCUT2D eigenvalue weighted by atomic mass is 10.0. The van der Waals surface area contributed by atoms with Crippen molar-refractivity contribution < 1.29 is 9.50 Å². The van der Waals surface area contributed by atoms with Crippen molar-refractivity contribution in [3.05, 3.63) is 29.6 Å². The van der Waals surface area contributed by atoms with Crippen molar-refractivity contribution >= 4 is 0 Å². The molecule has 1 saturated heterocycles. The Kier molecular flexibility index (Phi) is 4.45. The third kappa shape index (κ3) is 3.55. The minimum Gasteiger partial charge on any atom is -0.508 e. The molecule has 2 fully saturated rings. The molecule has 1 aromatic carbocycles. The van der Waals surface area contributed by atoms with Crippen LogP contribution >= 0.6 is 0 Å². The van der Waals surface area contributed by atoms with Crippen LogP contribution in [-0.2, 0) is 0 Å². The first-order chi connectivity index (χ1) is 10.1. The Hall–Kier alpha value is -1.13. The van der Waals surface area contributed by atoms with E-state index in [-0.39, 0.29) is 17.6 Å². The molecule has 0 aromatic heterocycles. The van der Waals surface area contributed by atoms with Crippen LogP contribution in [0.3, 0.4) is 0 Å². The molecule has 1 heterocycles. The lowest BCUT2D eigenvalue weighted by Gasteiger charge is -2.35. The van der Waals surface area contributed by atoms with Gasteiger partial charge in [0.05, 0.1) is 0 Å². The fourth-order valence-corrected chi connectivity index (χ4v) is 3.40. The predicted octanol–water partition coefficient (Wildman–Crippen LogP) is 3.20.